The van der Waals surface area contributed by atoms with Gasteiger partial charge >= 0.3 is 0 Å². The lowest BCUT2D eigenvalue weighted by Gasteiger charge is -2.10. The molecule has 2 aromatic rings. The van der Waals surface area contributed by atoms with E-state index in [2.05, 4.69) is 15.6 Å². The van der Waals surface area contributed by atoms with Crippen LogP contribution in [-0.4, -0.2) is 25.0 Å². The van der Waals surface area contributed by atoms with Gasteiger partial charge in [-0.05, 0) is 18.2 Å². The van der Waals surface area contributed by atoms with Gasteiger partial charge in [-0.25, -0.2) is 4.98 Å². The Morgan fingerprint density at radius 3 is 2.90 bits per heavy atom. The fraction of sp³-hybridized carbons (Fsp3) is 0.231. The zero-order chi connectivity index (χ0) is 14.5. The van der Waals surface area contributed by atoms with Gasteiger partial charge in [0.05, 0.1) is 19.2 Å². The first-order chi connectivity index (χ1) is 9.63. The van der Waals surface area contributed by atoms with Gasteiger partial charge in [0, 0.05) is 23.8 Å². The van der Waals surface area contributed by atoms with Gasteiger partial charge in [-0.3, -0.25) is 4.79 Å². The molecule has 0 unspecified atom stereocenters. The van der Waals surface area contributed by atoms with E-state index >= 15 is 0 Å². The minimum Gasteiger partial charge on any atom is -0.496 e. The van der Waals surface area contributed by atoms with Gasteiger partial charge in [0.25, 0.3) is 5.91 Å². The minimum atomic E-state index is -0.189. The highest BCUT2D eigenvalue weighted by Crippen LogP contribution is 2.24. The van der Waals surface area contributed by atoms with Crippen LogP contribution in [0.5, 0.6) is 5.75 Å². The van der Waals surface area contributed by atoms with Crippen molar-refractivity contribution in [3.63, 3.8) is 0 Å². The fourth-order valence-electron chi connectivity index (χ4n) is 1.68. The van der Waals surface area contributed by atoms with E-state index in [1.54, 1.807) is 25.4 Å². The molecule has 0 spiro atoms. The van der Waals surface area contributed by atoms with Crippen molar-refractivity contribution in [1.82, 2.24) is 10.3 Å². The van der Waals surface area contributed by atoms with Gasteiger partial charge < -0.3 is 15.4 Å². The van der Waals surface area contributed by atoms with Crippen molar-refractivity contribution in [1.29, 1.82) is 0 Å². The molecule has 2 N–H and O–H groups in total. The van der Waals surface area contributed by atoms with Gasteiger partial charge in [-0.2, -0.15) is 0 Å². The third kappa shape index (κ3) is 3.40. The number of thiazole rings is 1. The first-order valence-electron chi connectivity index (χ1n) is 5.88. The molecule has 20 heavy (non-hydrogen) atoms. The van der Waals surface area contributed by atoms with E-state index in [1.165, 1.54) is 18.4 Å². The van der Waals surface area contributed by atoms with Crippen LogP contribution in [0.1, 0.15) is 15.2 Å². The number of ether oxygens (including phenoxy) is 1. The number of benzene rings is 1. The molecule has 1 heterocycles. The molecule has 0 aliphatic carbocycles. The van der Waals surface area contributed by atoms with Gasteiger partial charge in [0.1, 0.15) is 5.75 Å². The van der Waals surface area contributed by atoms with Gasteiger partial charge in [-0.1, -0.05) is 11.6 Å². The second-order valence-electron chi connectivity index (χ2n) is 3.93. The maximum absolute atomic E-state index is 11.8. The van der Waals surface area contributed by atoms with E-state index in [1.807, 2.05) is 6.07 Å². The summed E-state index contributed by atoms with van der Waals surface area (Å²) < 4.78 is 5.69. The predicted molar refractivity (Wildman–Crippen MR) is 80.8 cm³/mol. The van der Waals surface area contributed by atoms with Crippen LogP contribution in [0.25, 0.3) is 0 Å². The lowest BCUT2D eigenvalue weighted by Crippen LogP contribution is -2.18. The van der Waals surface area contributed by atoms with Crippen molar-refractivity contribution in [3.05, 3.63) is 39.3 Å². The number of methoxy groups -OCH3 is 1. The van der Waals surface area contributed by atoms with Crippen LogP contribution in [0.3, 0.4) is 0 Å². The highest BCUT2D eigenvalue weighted by molar-refractivity contribution is 7.15. The number of aromatic nitrogens is 1. The molecule has 0 fully saturated rings. The van der Waals surface area contributed by atoms with Crippen molar-refractivity contribution in [2.75, 3.05) is 19.5 Å². The summed E-state index contributed by atoms with van der Waals surface area (Å²) in [6.07, 6.45) is 1.73. The Labute approximate surface area is 125 Å². The molecule has 1 amide bonds. The Hall–Kier alpha value is -1.79. The quantitative estimate of drug-likeness (QED) is 0.891. The highest BCUT2D eigenvalue weighted by Gasteiger charge is 2.11. The Balaban J connectivity index is 2.14. The summed E-state index contributed by atoms with van der Waals surface area (Å²) in [6, 6.07) is 5.36. The number of hydrogen-bond acceptors (Lipinski definition) is 5. The molecule has 5 nitrogen and oxygen atoms in total. The molecule has 1 aromatic carbocycles. The van der Waals surface area contributed by atoms with E-state index in [0.717, 1.165) is 10.6 Å². The fourth-order valence-corrected chi connectivity index (χ4v) is 2.60. The summed E-state index contributed by atoms with van der Waals surface area (Å²) in [5.41, 5.74) is 1.32. The topological polar surface area (TPSA) is 63.2 Å². The molecule has 7 heteroatoms. The molecular weight excluding hydrogens is 298 g/mol. The van der Waals surface area contributed by atoms with Crippen LogP contribution >= 0.6 is 22.9 Å². The molecule has 0 bridgehead atoms. The van der Waals surface area contributed by atoms with Gasteiger partial charge in [-0.15, -0.1) is 11.3 Å². The SMILES string of the molecule is CNC(=O)c1cc(NCc2cnc(Cl)s2)ccc1OC. The van der Waals surface area contributed by atoms with E-state index in [-0.39, 0.29) is 5.91 Å². The third-order valence-corrected chi connectivity index (χ3v) is 3.78. The van der Waals surface area contributed by atoms with Crippen LogP contribution in [0.15, 0.2) is 24.4 Å². The summed E-state index contributed by atoms with van der Waals surface area (Å²) in [5, 5.41) is 5.81. The van der Waals surface area contributed by atoms with Crippen molar-refractivity contribution < 1.29 is 9.53 Å². The van der Waals surface area contributed by atoms with Crippen LogP contribution < -0.4 is 15.4 Å². The first-order valence-corrected chi connectivity index (χ1v) is 7.07. The van der Waals surface area contributed by atoms with Crippen LogP contribution in [0.2, 0.25) is 4.47 Å². The predicted octanol–water partition coefficient (Wildman–Crippen LogP) is 2.78. The normalized spacial score (nSPS) is 10.2. The number of carbonyl (C=O) groups is 1. The molecule has 0 aliphatic rings. The second kappa shape index (κ2) is 6.58. The summed E-state index contributed by atoms with van der Waals surface area (Å²) in [4.78, 5) is 16.8. The van der Waals surface area contributed by atoms with E-state index in [9.17, 15) is 4.79 Å². The van der Waals surface area contributed by atoms with Gasteiger partial charge in [0.2, 0.25) is 0 Å². The van der Waals surface area contributed by atoms with Crippen LogP contribution in [0, 0.1) is 0 Å². The summed E-state index contributed by atoms with van der Waals surface area (Å²) in [7, 11) is 3.12. The maximum atomic E-state index is 11.8. The minimum absolute atomic E-state index is 0.189. The standard InChI is InChI=1S/C13H14ClN3O2S/c1-15-12(18)10-5-8(3-4-11(10)19-2)16-6-9-7-17-13(14)20-9/h3-5,7,16H,6H2,1-2H3,(H,15,18). The monoisotopic (exact) mass is 311 g/mol. The maximum Gasteiger partial charge on any atom is 0.254 e. The molecule has 106 valence electrons. The van der Waals surface area contributed by atoms with E-state index in [4.69, 9.17) is 16.3 Å². The second-order valence-corrected chi connectivity index (χ2v) is 5.62. The van der Waals surface area contributed by atoms with Crippen LogP contribution in [-0.2, 0) is 6.54 Å². The third-order valence-electron chi connectivity index (χ3n) is 2.66. The molecule has 0 saturated carbocycles. The van der Waals surface area contributed by atoms with Crippen molar-refractivity contribution in [2.45, 2.75) is 6.54 Å². The van der Waals surface area contributed by atoms with Crippen LogP contribution in [0.4, 0.5) is 5.69 Å². The Morgan fingerprint density at radius 1 is 1.50 bits per heavy atom. The number of nitrogens with one attached hydrogen (secondary N) is 2. The Kier molecular flexibility index (Phi) is 4.81. The largest absolute Gasteiger partial charge is 0.496 e. The number of nitrogens with zero attached hydrogens (tertiary/aromatic N) is 1. The van der Waals surface area contributed by atoms with Crippen molar-refractivity contribution >= 4 is 34.5 Å². The highest BCUT2D eigenvalue weighted by atomic mass is 35.5. The molecule has 0 saturated heterocycles. The molecule has 0 atom stereocenters. The number of amides is 1. The number of hydrogen-bond donors (Lipinski definition) is 2. The average Bonchev–Trinajstić information content (AvgIpc) is 2.89. The molecule has 0 aliphatic heterocycles. The molecule has 2 rings (SSSR count). The average molecular weight is 312 g/mol. The number of carbonyl (C=O) groups excluding carboxylic acids is 1. The van der Waals surface area contributed by atoms with Gasteiger partial charge in [0.15, 0.2) is 4.47 Å². The summed E-state index contributed by atoms with van der Waals surface area (Å²) >= 11 is 7.19. The summed E-state index contributed by atoms with van der Waals surface area (Å²) in [6.45, 7) is 0.601. The lowest BCUT2D eigenvalue weighted by molar-refractivity contribution is 0.0960. The first kappa shape index (κ1) is 14.6. The molecule has 1 aromatic heterocycles. The molecular formula is C13H14ClN3O2S. The van der Waals surface area contributed by atoms with Crippen molar-refractivity contribution in [3.8, 4) is 5.75 Å². The lowest BCUT2D eigenvalue weighted by atomic mass is 10.1. The molecule has 0 radical (unpaired) electrons. The van der Waals surface area contributed by atoms with E-state index < -0.39 is 0 Å². The smallest absolute Gasteiger partial charge is 0.254 e. The number of anilines is 1. The Morgan fingerprint density at radius 2 is 2.30 bits per heavy atom. The number of halogens is 1. The number of rotatable bonds is 5. The van der Waals surface area contributed by atoms with Crippen molar-refractivity contribution in [2.24, 2.45) is 0 Å². The zero-order valence-corrected chi connectivity index (χ0v) is 12.6. The Bertz CT molecular complexity index is 615. The summed E-state index contributed by atoms with van der Waals surface area (Å²) in [5.74, 6) is 0.349. The van der Waals surface area contributed by atoms with E-state index in [0.29, 0.717) is 22.3 Å². The zero-order valence-electron chi connectivity index (χ0n) is 11.1.